The number of ether oxygens (including phenoxy) is 2. The number of aromatic nitrogens is 4. The van der Waals surface area contributed by atoms with E-state index >= 15 is 4.39 Å². The van der Waals surface area contributed by atoms with Gasteiger partial charge in [-0.3, -0.25) is 9.36 Å². The molecular formula is C24H29FN7O6PS. The summed E-state index contributed by atoms with van der Waals surface area (Å²) in [5.41, 5.74) is 3.52. The number of para-hydroxylation sites is 1. The van der Waals surface area contributed by atoms with E-state index in [1.165, 1.54) is 17.8 Å². The number of carbonyl (C=O) groups is 1. The smallest absolute Gasteiger partial charge is 0.323 e. The molecule has 1 aliphatic heterocycles. The molecule has 3 heterocycles. The molecule has 40 heavy (non-hydrogen) atoms. The number of nitrogen functional groups attached to an aromatic ring is 1. The normalized spacial score (nSPS) is 24.6. The maximum Gasteiger partial charge on any atom is 0.323 e. The van der Waals surface area contributed by atoms with Crippen LogP contribution >= 0.6 is 6.64 Å². The zero-order valence-corrected chi connectivity index (χ0v) is 23.6. The van der Waals surface area contributed by atoms with Crippen molar-refractivity contribution in [1.82, 2.24) is 24.6 Å². The summed E-state index contributed by atoms with van der Waals surface area (Å²) in [6.45, 7) is -0.555. The van der Waals surface area contributed by atoms with Gasteiger partial charge in [-0.05, 0) is 37.8 Å². The molecule has 0 spiro atoms. The van der Waals surface area contributed by atoms with Crippen molar-refractivity contribution < 1.29 is 32.8 Å². The van der Waals surface area contributed by atoms with E-state index in [2.05, 4.69) is 25.4 Å². The fraction of sp³-hybridized carbons (Fsp3) is 0.417. The maximum atomic E-state index is 16.2. The van der Waals surface area contributed by atoms with Gasteiger partial charge in [0, 0.05) is 7.05 Å². The molecule has 0 radical (unpaired) electrons. The highest BCUT2D eigenvalue weighted by Crippen LogP contribution is 2.48. The second kappa shape index (κ2) is 12.0. The lowest BCUT2D eigenvalue weighted by molar-refractivity contribution is -0.144. The number of anilines is 2. The van der Waals surface area contributed by atoms with Crippen molar-refractivity contribution in [3.8, 4) is 18.1 Å². The molecule has 13 nitrogen and oxygen atoms in total. The number of benzene rings is 1. The first kappa shape index (κ1) is 29.6. The molecule has 2 aromatic heterocycles. The van der Waals surface area contributed by atoms with Gasteiger partial charge in [-0.15, -0.1) is 6.42 Å². The Balaban J connectivity index is 1.60. The number of hydrogen-bond acceptors (Lipinski definition) is 12. The summed E-state index contributed by atoms with van der Waals surface area (Å²) < 4.78 is 40.2. The third-order valence-corrected chi connectivity index (χ3v) is 8.46. The van der Waals surface area contributed by atoms with Crippen molar-refractivity contribution in [2.45, 2.75) is 44.0 Å². The average Bonchev–Trinajstić information content (AvgIpc) is 3.46. The predicted octanol–water partition coefficient (Wildman–Crippen LogP) is 1.91. The molecule has 214 valence electrons. The van der Waals surface area contributed by atoms with E-state index in [0.29, 0.717) is 11.6 Å². The van der Waals surface area contributed by atoms with Crippen LogP contribution < -0.4 is 20.7 Å². The van der Waals surface area contributed by atoms with Crippen LogP contribution in [0, 0.1) is 12.3 Å². The summed E-state index contributed by atoms with van der Waals surface area (Å²) in [4.78, 5) is 24.7. The average molecular weight is 594 g/mol. The molecule has 1 unspecified atom stereocenters. The van der Waals surface area contributed by atoms with Gasteiger partial charge < -0.3 is 34.7 Å². The van der Waals surface area contributed by atoms with Gasteiger partial charge in [-0.1, -0.05) is 24.1 Å². The van der Waals surface area contributed by atoms with Crippen molar-refractivity contribution >= 4 is 47.3 Å². The van der Waals surface area contributed by atoms with Crippen LogP contribution in [-0.4, -0.2) is 74.8 Å². The van der Waals surface area contributed by atoms with E-state index in [0.717, 1.165) is 0 Å². The first-order valence-corrected chi connectivity index (χ1v) is 14.8. The lowest BCUT2D eigenvalue weighted by atomic mass is 9.97. The Morgan fingerprint density at radius 3 is 2.80 bits per heavy atom. The Bertz CT molecular complexity index is 1460. The zero-order valence-electron chi connectivity index (χ0n) is 21.9. The number of aliphatic hydroxyl groups excluding tert-OH is 1. The lowest BCUT2D eigenvalue weighted by Crippen LogP contribution is -2.42. The van der Waals surface area contributed by atoms with E-state index < -0.39 is 49.4 Å². The van der Waals surface area contributed by atoms with E-state index in [1.807, 2.05) is 5.92 Å². The summed E-state index contributed by atoms with van der Waals surface area (Å²) in [6, 6.07) is 7.65. The number of aliphatic hydroxyl groups is 1. The Morgan fingerprint density at radius 1 is 1.43 bits per heavy atom. The largest absolute Gasteiger partial charge is 0.465 e. The number of nitrogens with zero attached hydrogens (tertiary/aromatic N) is 4. The molecule has 16 heteroatoms. The van der Waals surface area contributed by atoms with Gasteiger partial charge in [0.25, 0.3) is 0 Å². The molecule has 0 bridgehead atoms. The molecule has 0 aliphatic carbocycles. The van der Waals surface area contributed by atoms with E-state index in [9.17, 15) is 9.90 Å². The second-order valence-electron chi connectivity index (χ2n) is 8.69. The highest BCUT2D eigenvalue weighted by Gasteiger charge is 2.58. The number of carbonyl (C=O) groups excluding carboxylic acids is 1. The van der Waals surface area contributed by atoms with Crippen LogP contribution in [0.2, 0.25) is 0 Å². The number of imidazole rings is 1. The van der Waals surface area contributed by atoms with Gasteiger partial charge >= 0.3 is 12.6 Å². The summed E-state index contributed by atoms with van der Waals surface area (Å²) in [7, 11) is 1.61. The molecule has 6 atom stereocenters. The van der Waals surface area contributed by atoms with Crippen molar-refractivity contribution in [1.29, 1.82) is 0 Å². The van der Waals surface area contributed by atoms with Crippen LogP contribution in [0.5, 0.6) is 5.75 Å². The standard InChI is InChI=1S/C24H29FN7O6PS/c1-5-24(25)18(33)16(37-22(24)32-13-28-17-19(27-4)29-23(26)30-20(17)32)12-36-39(40,31-14(3)21(34)35-6-2)38-15-10-8-7-9-11-15/h1,7-11,13-14,16,18,22,33H,6,12H2,2-4H3,(H,31,40)(H3,26,27,29,30)/t14-,16+,18+,22+,24+,39?/m0/s1. The number of nitrogens with two attached hydrogens (primary N) is 1. The molecule has 0 saturated carbocycles. The zero-order chi connectivity index (χ0) is 29.1. The first-order chi connectivity index (χ1) is 19.0. The number of rotatable bonds is 11. The van der Waals surface area contributed by atoms with E-state index in [-0.39, 0.29) is 23.7 Å². The summed E-state index contributed by atoms with van der Waals surface area (Å²) >= 11 is 5.66. The molecule has 5 N–H and O–H groups in total. The maximum absolute atomic E-state index is 16.2. The Hall–Kier alpha value is -3.38. The van der Waals surface area contributed by atoms with Gasteiger partial charge in [0.15, 0.2) is 23.2 Å². The molecule has 0 amide bonds. The molecule has 1 fully saturated rings. The molecule has 4 rings (SSSR count). The number of alkyl halides is 1. The molecule has 3 aromatic rings. The molecule has 1 aromatic carbocycles. The third kappa shape index (κ3) is 5.87. The summed E-state index contributed by atoms with van der Waals surface area (Å²) in [6.07, 6.45) is 2.12. The molecular weight excluding hydrogens is 564 g/mol. The first-order valence-electron chi connectivity index (χ1n) is 12.2. The highest BCUT2D eigenvalue weighted by atomic mass is 32.5. The Kier molecular flexibility index (Phi) is 8.89. The Labute approximate surface area is 234 Å². The molecule has 1 saturated heterocycles. The van der Waals surface area contributed by atoms with Crippen molar-refractivity contribution in [3.63, 3.8) is 0 Å². The van der Waals surface area contributed by atoms with Crippen molar-refractivity contribution in [3.05, 3.63) is 36.7 Å². The minimum absolute atomic E-state index is 0.0947. The van der Waals surface area contributed by atoms with Crippen LogP contribution in [0.15, 0.2) is 36.7 Å². The van der Waals surface area contributed by atoms with Crippen LogP contribution in [0.4, 0.5) is 16.2 Å². The second-order valence-corrected chi connectivity index (χ2v) is 11.8. The van der Waals surface area contributed by atoms with E-state index in [4.69, 9.17) is 42.5 Å². The van der Waals surface area contributed by atoms with Crippen LogP contribution in [0.25, 0.3) is 11.2 Å². The number of hydrogen-bond donors (Lipinski definition) is 4. The quantitative estimate of drug-likeness (QED) is 0.145. The minimum atomic E-state index is -3.49. The van der Waals surface area contributed by atoms with Gasteiger partial charge in [-0.2, -0.15) is 9.97 Å². The Morgan fingerprint density at radius 2 is 2.15 bits per heavy atom. The SMILES string of the molecule is C#C[C@@]1(F)[C@H](O)[C@@H](COP(=S)(N[C@@H](C)C(=O)OCC)Oc2ccccc2)O[C@H]1n1cnc2c(NC)nc(N)nc21. The fourth-order valence-electron chi connectivity index (χ4n) is 4.03. The van der Waals surface area contributed by atoms with Gasteiger partial charge in [0.05, 0.1) is 19.5 Å². The highest BCUT2D eigenvalue weighted by molar-refractivity contribution is 8.09. The third-order valence-electron chi connectivity index (χ3n) is 5.96. The number of terminal acetylenes is 1. The van der Waals surface area contributed by atoms with Gasteiger partial charge in [0.1, 0.15) is 24.0 Å². The van der Waals surface area contributed by atoms with E-state index in [1.54, 1.807) is 44.3 Å². The fourth-order valence-corrected chi connectivity index (χ4v) is 6.45. The topological polar surface area (TPSA) is 168 Å². The van der Waals surface area contributed by atoms with Crippen LogP contribution in [0.3, 0.4) is 0 Å². The van der Waals surface area contributed by atoms with Crippen molar-refractivity contribution in [2.24, 2.45) is 0 Å². The van der Waals surface area contributed by atoms with Gasteiger partial charge in [0.2, 0.25) is 11.6 Å². The number of nitrogens with one attached hydrogen (secondary N) is 2. The predicted molar refractivity (Wildman–Crippen MR) is 148 cm³/mol. The number of halogens is 1. The minimum Gasteiger partial charge on any atom is -0.465 e. The molecule has 1 aliphatic rings. The van der Waals surface area contributed by atoms with Crippen molar-refractivity contribution in [2.75, 3.05) is 31.3 Å². The lowest BCUT2D eigenvalue weighted by Gasteiger charge is -2.27. The number of fused-ring (bicyclic) bond motifs is 1. The van der Waals surface area contributed by atoms with Crippen LogP contribution in [0.1, 0.15) is 20.1 Å². The summed E-state index contributed by atoms with van der Waals surface area (Å²) in [5.74, 6) is 2.02. The van der Waals surface area contributed by atoms with Crippen LogP contribution in [-0.2, 0) is 30.6 Å². The van der Waals surface area contributed by atoms with Gasteiger partial charge in [-0.25, -0.2) is 14.5 Å². The monoisotopic (exact) mass is 593 g/mol. The summed E-state index contributed by atoms with van der Waals surface area (Å²) in [5, 5.41) is 16.7. The number of esters is 1.